The van der Waals surface area contributed by atoms with Crippen molar-refractivity contribution in [2.24, 2.45) is 0 Å². The van der Waals surface area contributed by atoms with Crippen molar-refractivity contribution in [1.29, 1.82) is 5.26 Å². The minimum Gasteiger partial charge on any atom is -0.369 e. The van der Waals surface area contributed by atoms with Crippen LogP contribution in [0.2, 0.25) is 5.02 Å². The fourth-order valence-electron chi connectivity index (χ4n) is 3.24. The van der Waals surface area contributed by atoms with Crippen molar-refractivity contribution in [2.75, 3.05) is 31.1 Å². The van der Waals surface area contributed by atoms with Gasteiger partial charge in [0.05, 0.1) is 16.8 Å². The average molecular weight is 408 g/mol. The maximum absolute atomic E-state index is 12.9. The molecule has 3 rings (SSSR count). The number of rotatable bonds is 2. The third-order valence-electron chi connectivity index (χ3n) is 4.64. The molecule has 0 bridgehead atoms. The first-order chi connectivity index (χ1) is 13.3. The number of hydrogen-bond acceptors (Lipinski definition) is 3. The predicted molar refractivity (Wildman–Crippen MR) is 100 cm³/mol. The number of alkyl halides is 3. The summed E-state index contributed by atoms with van der Waals surface area (Å²) in [7, 11) is 0. The summed E-state index contributed by atoms with van der Waals surface area (Å²) in [6.07, 6.45) is -3.86. The minimum atomic E-state index is -4.50. The molecule has 0 aromatic heterocycles. The van der Waals surface area contributed by atoms with Crippen LogP contribution in [0.4, 0.5) is 18.9 Å². The number of amides is 1. The quantitative estimate of drug-likeness (QED) is 0.732. The van der Waals surface area contributed by atoms with E-state index in [2.05, 4.69) is 0 Å². The molecule has 1 heterocycles. The standard InChI is InChI=1S/C20H17ClF3N3O/c21-17-4-1-3-14(12-17)19(28)27-8-2-7-26(9-10-27)18-6-5-16(20(22,23)24)11-15(18)13-25/h1,3-6,11-12H,2,7-10H2. The average Bonchev–Trinajstić information content (AvgIpc) is 2.92. The Morgan fingerprint density at radius 2 is 1.86 bits per heavy atom. The van der Waals surface area contributed by atoms with Gasteiger partial charge in [-0.05, 0) is 42.8 Å². The number of nitrogens with zero attached hydrogens (tertiary/aromatic N) is 3. The molecular formula is C20H17ClF3N3O. The topological polar surface area (TPSA) is 47.3 Å². The van der Waals surface area contributed by atoms with Crippen LogP contribution in [0.1, 0.15) is 27.9 Å². The lowest BCUT2D eigenvalue weighted by Crippen LogP contribution is -2.35. The minimum absolute atomic E-state index is 0.0237. The highest BCUT2D eigenvalue weighted by molar-refractivity contribution is 6.30. The maximum Gasteiger partial charge on any atom is 0.416 e. The van der Waals surface area contributed by atoms with Crippen LogP contribution in [-0.2, 0) is 6.18 Å². The number of benzene rings is 2. The summed E-state index contributed by atoms with van der Waals surface area (Å²) in [6, 6.07) is 11.7. The highest BCUT2D eigenvalue weighted by Gasteiger charge is 2.31. The molecular weight excluding hydrogens is 391 g/mol. The molecule has 0 unspecified atom stereocenters. The molecule has 28 heavy (non-hydrogen) atoms. The Hall–Kier alpha value is -2.72. The molecule has 1 saturated heterocycles. The summed E-state index contributed by atoms with van der Waals surface area (Å²) in [6.45, 7) is 1.88. The molecule has 1 fully saturated rings. The third kappa shape index (κ3) is 4.39. The van der Waals surface area contributed by atoms with Crippen molar-refractivity contribution in [3.63, 3.8) is 0 Å². The van der Waals surface area contributed by atoms with Gasteiger partial charge in [0.2, 0.25) is 0 Å². The summed E-state index contributed by atoms with van der Waals surface area (Å²) in [5.41, 5.74) is 0.0746. The van der Waals surface area contributed by atoms with Gasteiger partial charge >= 0.3 is 6.18 Å². The van der Waals surface area contributed by atoms with Crippen LogP contribution in [0.3, 0.4) is 0 Å². The number of anilines is 1. The Balaban J connectivity index is 1.77. The lowest BCUT2D eigenvalue weighted by atomic mass is 10.1. The molecule has 0 aliphatic carbocycles. The Bertz CT molecular complexity index is 924. The van der Waals surface area contributed by atoms with Crippen LogP contribution in [0.5, 0.6) is 0 Å². The predicted octanol–water partition coefficient (Wildman–Crippen LogP) is 4.58. The first kappa shape index (κ1) is 20.0. The second-order valence-electron chi connectivity index (χ2n) is 6.48. The van der Waals surface area contributed by atoms with Crippen molar-refractivity contribution < 1.29 is 18.0 Å². The highest BCUT2D eigenvalue weighted by atomic mass is 35.5. The van der Waals surface area contributed by atoms with Crippen molar-refractivity contribution in [3.05, 3.63) is 64.2 Å². The molecule has 0 saturated carbocycles. The summed E-state index contributed by atoms with van der Waals surface area (Å²) in [4.78, 5) is 16.2. The molecule has 0 N–H and O–H groups in total. The van der Waals surface area contributed by atoms with Gasteiger partial charge in [-0.2, -0.15) is 18.4 Å². The second-order valence-corrected chi connectivity index (χ2v) is 6.92. The molecule has 4 nitrogen and oxygen atoms in total. The van der Waals surface area contributed by atoms with Crippen molar-refractivity contribution in [3.8, 4) is 6.07 Å². The molecule has 1 amide bonds. The van der Waals surface area contributed by atoms with E-state index in [9.17, 15) is 23.2 Å². The first-order valence-electron chi connectivity index (χ1n) is 8.71. The van der Waals surface area contributed by atoms with E-state index in [0.717, 1.165) is 12.1 Å². The number of carbonyl (C=O) groups excluding carboxylic acids is 1. The number of carbonyl (C=O) groups is 1. The van der Waals surface area contributed by atoms with Gasteiger partial charge in [-0.15, -0.1) is 0 Å². The smallest absolute Gasteiger partial charge is 0.369 e. The SMILES string of the molecule is N#Cc1cc(C(F)(F)F)ccc1N1CCCN(C(=O)c2cccc(Cl)c2)CC1. The molecule has 1 aliphatic rings. The van der Waals surface area contributed by atoms with E-state index in [1.165, 1.54) is 6.07 Å². The third-order valence-corrected chi connectivity index (χ3v) is 4.87. The van der Waals surface area contributed by atoms with E-state index in [1.807, 2.05) is 11.0 Å². The Morgan fingerprint density at radius 1 is 1.07 bits per heavy atom. The Labute approximate surface area is 165 Å². The van der Waals surface area contributed by atoms with Gasteiger partial charge in [-0.25, -0.2) is 0 Å². The molecule has 0 atom stereocenters. The summed E-state index contributed by atoms with van der Waals surface area (Å²) >= 11 is 5.95. The van der Waals surface area contributed by atoms with Crippen molar-refractivity contribution in [1.82, 2.24) is 4.90 Å². The molecule has 2 aromatic carbocycles. The highest BCUT2D eigenvalue weighted by Crippen LogP contribution is 2.33. The van der Waals surface area contributed by atoms with Crippen molar-refractivity contribution >= 4 is 23.2 Å². The molecule has 0 spiro atoms. The zero-order chi connectivity index (χ0) is 20.3. The fraction of sp³-hybridized carbons (Fsp3) is 0.300. The number of nitriles is 1. The van der Waals surface area contributed by atoms with Gasteiger partial charge < -0.3 is 9.80 Å². The number of hydrogen-bond donors (Lipinski definition) is 0. The van der Waals surface area contributed by atoms with Crippen LogP contribution in [0.25, 0.3) is 0 Å². The Morgan fingerprint density at radius 3 is 2.54 bits per heavy atom. The molecule has 0 radical (unpaired) electrons. The van der Waals surface area contributed by atoms with Gasteiger partial charge in [0.25, 0.3) is 5.91 Å². The molecule has 8 heteroatoms. The molecule has 2 aromatic rings. The van der Waals surface area contributed by atoms with Gasteiger partial charge in [0, 0.05) is 36.8 Å². The van der Waals surface area contributed by atoms with Gasteiger partial charge in [-0.1, -0.05) is 17.7 Å². The van der Waals surface area contributed by atoms with E-state index in [1.54, 1.807) is 29.2 Å². The van der Waals surface area contributed by atoms with E-state index in [0.29, 0.717) is 48.9 Å². The zero-order valence-corrected chi connectivity index (χ0v) is 15.6. The number of halogens is 4. The monoisotopic (exact) mass is 407 g/mol. The van der Waals surface area contributed by atoms with Gasteiger partial charge in [0.1, 0.15) is 6.07 Å². The van der Waals surface area contributed by atoms with Gasteiger partial charge in [0.15, 0.2) is 0 Å². The fourth-order valence-corrected chi connectivity index (χ4v) is 3.43. The van der Waals surface area contributed by atoms with Crippen molar-refractivity contribution in [2.45, 2.75) is 12.6 Å². The van der Waals surface area contributed by atoms with E-state index >= 15 is 0 Å². The van der Waals surface area contributed by atoms with Crippen LogP contribution in [-0.4, -0.2) is 37.0 Å². The summed E-state index contributed by atoms with van der Waals surface area (Å²) in [5, 5.41) is 9.78. The van der Waals surface area contributed by atoms with E-state index < -0.39 is 11.7 Å². The lowest BCUT2D eigenvalue weighted by Gasteiger charge is -2.25. The van der Waals surface area contributed by atoms with Gasteiger partial charge in [-0.3, -0.25) is 4.79 Å². The Kier molecular flexibility index (Phi) is 5.80. The second kappa shape index (κ2) is 8.11. The van der Waals surface area contributed by atoms with Crippen LogP contribution in [0.15, 0.2) is 42.5 Å². The van der Waals surface area contributed by atoms with E-state index in [-0.39, 0.29) is 11.5 Å². The summed E-state index contributed by atoms with van der Waals surface area (Å²) in [5.74, 6) is -0.141. The molecule has 1 aliphatic heterocycles. The van der Waals surface area contributed by atoms with E-state index in [4.69, 9.17) is 11.6 Å². The van der Waals surface area contributed by atoms with Crippen LogP contribution in [0, 0.1) is 11.3 Å². The largest absolute Gasteiger partial charge is 0.416 e. The maximum atomic E-state index is 12.9. The summed E-state index contributed by atoms with van der Waals surface area (Å²) < 4.78 is 38.7. The normalized spacial score (nSPS) is 15.1. The van der Waals surface area contributed by atoms with Crippen LogP contribution < -0.4 is 4.90 Å². The first-order valence-corrected chi connectivity index (χ1v) is 9.08. The van der Waals surface area contributed by atoms with Crippen LogP contribution >= 0.6 is 11.6 Å². The zero-order valence-electron chi connectivity index (χ0n) is 14.8. The lowest BCUT2D eigenvalue weighted by molar-refractivity contribution is -0.137. The molecule has 146 valence electrons.